The van der Waals surface area contributed by atoms with Crippen molar-refractivity contribution in [2.45, 2.75) is 91.9 Å². The predicted molar refractivity (Wildman–Crippen MR) is 108 cm³/mol. The van der Waals surface area contributed by atoms with E-state index in [-0.39, 0.29) is 0 Å². The van der Waals surface area contributed by atoms with Crippen LogP contribution in [0, 0.1) is 0 Å². The molecule has 0 bridgehead atoms. The van der Waals surface area contributed by atoms with Crippen LogP contribution in [0.3, 0.4) is 0 Å². The van der Waals surface area contributed by atoms with Gasteiger partial charge in [-0.15, -0.1) is 0 Å². The Kier molecular flexibility index (Phi) is 8.33. The summed E-state index contributed by atoms with van der Waals surface area (Å²) in [6.45, 7) is 7.01. The predicted octanol–water partition coefficient (Wildman–Crippen LogP) is 6.26. The molecule has 0 saturated carbocycles. The molecule has 1 aromatic rings. The van der Waals surface area contributed by atoms with E-state index in [0.29, 0.717) is 5.78 Å². The summed E-state index contributed by atoms with van der Waals surface area (Å²) in [4.78, 5) is 12.2. The first-order valence-electron chi connectivity index (χ1n) is 10.3. The van der Waals surface area contributed by atoms with Gasteiger partial charge in [0, 0.05) is 0 Å². The van der Waals surface area contributed by atoms with Gasteiger partial charge in [0.15, 0.2) is 0 Å². The summed E-state index contributed by atoms with van der Waals surface area (Å²) in [5.74, 6) is 0.374. The maximum atomic E-state index is 12.2. The number of unbranched alkanes of at least 4 members (excludes halogenated alkanes) is 3. The van der Waals surface area contributed by atoms with E-state index in [0.717, 1.165) is 24.8 Å². The molecule has 1 aliphatic rings. The van der Waals surface area contributed by atoms with Crippen molar-refractivity contribution in [3.63, 3.8) is 0 Å². The van der Waals surface area contributed by atoms with Gasteiger partial charge in [0.2, 0.25) is 0 Å². The summed E-state index contributed by atoms with van der Waals surface area (Å²) in [6, 6.07) is 7.09. The van der Waals surface area contributed by atoms with E-state index < -0.39 is 18.4 Å². The Morgan fingerprint density at radius 1 is 0.875 bits per heavy atom. The molecular weight excluding hydrogens is 399 g/mol. The fourth-order valence-corrected chi connectivity index (χ4v) is 20.4. The van der Waals surface area contributed by atoms with Crippen molar-refractivity contribution < 1.29 is 4.79 Å². The Balaban J connectivity index is 2.37. The number of ketones is 1. The van der Waals surface area contributed by atoms with E-state index in [1.165, 1.54) is 57.4 Å². The molecule has 134 valence electrons. The summed E-state index contributed by atoms with van der Waals surface area (Å²) in [7, 11) is 0. The van der Waals surface area contributed by atoms with E-state index in [1.807, 2.05) is 0 Å². The van der Waals surface area contributed by atoms with Crippen LogP contribution in [0.2, 0.25) is 13.3 Å². The molecule has 0 unspecified atom stereocenters. The molecule has 0 amide bonds. The number of fused-ring (bicyclic) bond motifs is 1. The molecule has 0 N–H and O–H groups in total. The molecular formula is C22H36OSn. The summed E-state index contributed by atoms with van der Waals surface area (Å²) in [5, 5.41) is 0. The molecule has 0 aliphatic heterocycles. The van der Waals surface area contributed by atoms with Crippen molar-refractivity contribution in [1.82, 2.24) is 0 Å². The van der Waals surface area contributed by atoms with Crippen LogP contribution in [-0.4, -0.2) is 24.2 Å². The Morgan fingerprint density at radius 3 is 2.00 bits per heavy atom. The monoisotopic (exact) mass is 436 g/mol. The second-order valence-electron chi connectivity index (χ2n) is 7.74. The van der Waals surface area contributed by atoms with Gasteiger partial charge in [0.25, 0.3) is 0 Å². The number of rotatable bonds is 10. The molecule has 1 nitrogen and oxygen atoms in total. The van der Waals surface area contributed by atoms with Crippen LogP contribution >= 0.6 is 0 Å². The number of carbonyl (C=O) groups excluding carboxylic acids is 1. The van der Waals surface area contributed by atoms with Crippen molar-refractivity contribution in [1.29, 1.82) is 0 Å². The van der Waals surface area contributed by atoms with Gasteiger partial charge in [0.1, 0.15) is 0 Å². The minimum atomic E-state index is -2.33. The van der Waals surface area contributed by atoms with E-state index >= 15 is 0 Å². The quantitative estimate of drug-likeness (QED) is 0.397. The fourth-order valence-electron chi connectivity index (χ4n) is 4.33. The van der Waals surface area contributed by atoms with Crippen LogP contribution in [0.1, 0.15) is 88.1 Å². The zero-order chi connectivity index (χ0) is 17.4. The van der Waals surface area contributed by atoms with Gasteiger partial charge in [0.05, 0.1) is 0 Å². The third-order valence-electron chi connectivity index (χ3n) is 5.89. The van der Waals surface area contributed by atoms with Gasteiger partial charge in [-0.1, -0.05) is 0 Å². The van der Waals surface area contributed by atoms with Crippen molar-refractivity contribution >= 4 is 27.7 Å². The van der Waals surface area contributed by atoms with Crippen LogP contribution in [0.4, 0.5) is 0 Å². The molecule has 2 heteroatoms. The molecule has 0 fully saturated rings. The number of hydrogen-bond donors (Lipinski definition) is 0. The molecule has 2 rings (SSSR count). The van der Waals surface area contributed by atoms with Crippen molar-refractivity contribution in [3.05, 3.63) is 29.3 Å². The third-order valence-corrected chi connectivity index (χ3v) is 21.5. The second kappa shape index (κ2) is 9.99. The van der Waals surface area contributed by atoms with Gasteiger partial charge < -0.3 is 0 Å². The molecule has 0 aromatic heterocycles. The first-order chi connectivity index (χ1) is 11.7. The SMILES string of the molecule is CCC[CH2][Sn]([CH2]CCC)([CH2]CCC)[c]1ccc2c(c1)CCCC2=O. The Hall–Kier alpha value is -0.311. The van der Waals surface area contributed by atoms with Gasteiger partial charge >= 0.3 is 154 Å². The topological polar surface area (TPSA) is 17.1 Å². The second-order valence-corrected chi connectivity index (χ2v) is 21.0. The molecule has 1 aromatic carbocycles. The fraction of sp³-hybridized carbons (Fsp3) is 0.682. The molecule has 1 aliphatic carbocycles. The molecule has 0 radical (unpaired) electrons. The number of benzene rings is 1. The van der Waals surface area contributed by atoms with Crippen molar-refractivity contribution in [3.8, 4) is 0 Å². The summed E-state index contributed by atoms with van der Waals surface area (Å²) in [5.41, 5.74) is 2.40. The van der Waals surface area contributed by atoms with Crippen molar-refractivity contribution in [2.24, 2.45) is 0 Å². The van der Waals surface area contributed by atoms with E-state index in [9.17, 15) is 4.79 Å². The van der Waals surface area contributed by atoms with Crippen molar-refractivity contribution in [2.75, 3.05) is 0 Å². The first-order valence-corrected chi connectivity index (χ1v) is 17.8. The molecule has 24 heavy (non-hydrogen) atoms. The summed E-state index contributed by atoms with van der Waals surface area (Å²) < 4.78 is 6.27. The van der Waals surface area contributed by atoms with Crippen LogP contribution in [0.15, 0.2) is 18.2 Å². The minimum absolute atomic E-state index is 0.374. The average Bonchev–Trinajstić information content (AvgIpc) is 2.61. The van der Waals surface area contributed by atoms with Gasteiger partial charge in [-0.05, 0) is 0 Å². The number of carbonyl (C=O) groups is 1. The maximum absolute atomic E-state index is 12.2. The van der Waals surface area contributed by atoms with Gasteiger partial charge in [-0.2, -0.15) is 0 Å². The summed E-state index contributed by atoms with van der Waals surface area (Å²) in [6.07, 6.45) is 11.1. The van der Waals surface area contributed by atoms with Gasteiger partial charge in [-0.3, -0.25) is 0 Å². The average molecular weight is 435 g/mol. The Bertz CT molecular complexity index is 513. The van der Waals surface area contributed by atoms with E-state index in [1.54, 1.807) is 3.58 Å². The first kappa shape index (κ1) is 20.0. The zero-order valence-corrected chi connectivity index (χ0v) is 19.0. The number of Topliss-reactive ketones (excluding diaryl/α,β-unsaturated/α-hetero) is 1. The normalized spacial score (nSPS) is 14.7. The number of aryl methyl sites for hydroxylation is 1. The van der Waals surface area contributed by atoms with Crippen LogP contribution in [-0.2, 0) is 6.42 Å². The van der Waals surface area contributed by atoms with Crippen LogP contribution < -0.4 is 3.58 Å². The Labute approximate surface area is 153 Å². The van der Waals surface area contributed by atoms with E-state index in [2.05, 4.69) is 39.0 Å². The molecule has 0 atom stereocenters. The van der Waals surface area contributed by atoms with Gasteiger partial charge in [-0.25, -0.2) is 0 Å². The standard InChI is InChI=1S/C10H9O.3C4H9.Sn/c11-10-7-3-5-8-4-1-2-6-9(8)10;3*1-3-4-2;/h2,4,6H,3,5,7H2;3*1,3-4H2,2H3;. The molecule has 0 heterocycles. The number of hydrogen-bond acceptors (Lipinski definition) is 1. The van der Waals surface area contributed by atoms with E-state index in [4.69, 9.17) is 0 Å². The zero-order valence-electron chi connectivity index (χ0n) is 16.1. The third kappa shape index (κ3) is 4.86. The molecule has 0 spiro atoms. The summed E-state index contributed by atoms with van der Waals surface area (Å²) >= 11 is -2.33. The Morgan fingerprint density at radius 2 is 1.46 bits per heavy atom. The molecule has 0 saturated heterocycles. The van der Waals surface area contributed by atoms with Crippen LogP contribution in [0.5, 0.6) is 0 Å². The van der Waals surface area contributed by atoms with Crippen LogP contribution in [0.25, 0.3) is 0 Å².